The van der Waals surface area contributed by atoms with Gasteiger partial charge in [0.1, 0.15) is 22.2 Å². The van der Waals surface area contributed by atoms with Crippen molar-refractivity contribution in [2.45, 2.75) is 12.5 Å². The van der Waals surface area contributed by atoms with E-state index in [9.17, 15) is 4.39 Å². The Morgan fingerprint density at radius 3 is 2.48 bits per heavy atom. The van der Waals surface area contributed by atoms with Crippen molar-refractivity contribution < 1.29 is 4.39 Å². The van der Waals surface area contributed by atoms with Gasteiger partial charge in [-0.3, -0.25) is 0 Å². The normalized spacial score (nSPS) is 21.1. The fourth-order valence-electron chi connectivity index (χ4n) is 2.28. The summed E-state index contributed by atoms with van der Waals surface area (Å²) in [4.78, 5) is 5.16. The zero-order chi connectivity index (χ0) is 15.0. The Morgan fingerprint density at radius 1 is 1.14 bits per heavy atom. The lowest BCUT2D eigenvalue weighted by atomic mass is 9.93. The van der Waals surface area contributed by atoms with Gasteiger partial charge < -0.3 is 5.32 Å². The Hall–Kier alpha value is -1.78. The molecule has 3 rings (SSSR count). The standard InChI is InChI=1S/C16H12ClFN2S/c1-16(10-6-8-11(17)9-7-10)15(21)19-14(20-16)12-4-2-3-5-13(12)18/h2-9H,1H3,(H,19,20,21). The van der Waals surface area contributed by atoms with E-state index in [-0.39, 0.29) is 5.82 Å². The van der Waals surface area contributed by atoms with Gasteiger partial charge in [-0.2, -0.15) is 0 Å². The van der Waals surface area contributed by atoms with Gasteiger partial charge >= 0.3 is 0 Å². The molecule has 0 saturated heterocycles. The first-order valence-electron chi connectivity index (χ1n) is 6.43. The molecule has 2 nitrogen and oxygen atoms in total. The van der Waals surface area contributed by atoms with Crippen LogP contribution in [0.25, 0.3) is 0 Å². The summed E-state index contributed by atoms with van der Waals surface area (Å²) < 4.78 is 13.9. The average Bonchev–Trinajstić information content (AvgIpc) is 2.77. The first-order valence-corrected chi connectivity index (χ1v) is 7.21. The fourth-order valence-corrected chi connectivity index (χ4v) is 2.67. The van der Waals surface area contributed by atoms with Crippen LogP contribution in [-0.4, -0.2) is 10.8 Å². The Kier molecular flexibility index (Phi) is 3.51. The molecule has 1 aliphatic heterocycles. The molecule has 1 N–H and O–H groups in total. The lowest BCUT2D eigenvalue weighted by Gasteiger charge is -2.20. The van der Waals surface area contributed by atoms with Crippen LogP contribution in [-0.2, 0) is 5.54 Å². The van der Waals surface area contributed by atoms with Gasteiger partial charge in [0, 0.05) is 5.02 Å². The lowest BCUT2D eigenvalue weighted by Crippen LogP contribution is -2.33. The van der Waals surface area contributed by atoms with Gasteiger partial charge in [0.05, 0.1) is 5.56 Å². The molecule has 0 aliphatic carbocycles. The van der Waals surface area contributed by atoms with Crippen LogP contribution in [0.4, 0.5) is 4.39 Å². The van der Waals surface area contributed by atoms with E-state index < -0.39 is 5.54 Å². The molecule has 1 heterocycles. The lowest BCUT2D eigenvalue weighted by molar-refractivity contribution is 0.624. The third-order valence-electron chi connectivity index (χ3n) is 3.54. The summed E-state index contributed by atoms with van der Waals surface area (Å²) in [5.74, 6) is 0.127. The molecule has 0 bridgehead atoms. The van der Waals surface area contributed by atoms with Crippen LogP contribution >= 0.6 is 23.8 Å². The molecule has 0 amide bonds. The number of rotatable bonds is 2. The summed E-state index contributed by atoms with van der Waals surface area (Å²) >= 11 is 11.3. The Bertz CT molecular complexity index is 742. The summed E-state index contributed by atoms with van der Waals surface area (Å²) in [5.41, 5.74) is 0.616. The van der Waals surface area contributed by atoms with E-state index in [1.54, 1.807) is 30.3 Å². The van der Waals surface area contributed by atoms with E-state index >= 15 is 0 Å². The molecule has 1 aliphatic rings. The van der Waals surface area contributed by atoms with E-state index in [0.717, 1.165) is 5.56 Å². The molecule has 0 spiro atoms. The third-order valence-corrected chi connectivity index (χ3v) is 4.30. The molecule has 1 unspecified atom stereocenters. The minimum Gasteiger partial charge on any atom is -0.332 e. The van der Waals surface area contributed by atoms with E-state index in [1.165, 1.54) is 6.07 Å². The second kappa shape index (κ2) is 5.20. The minimum atomic E-state index is -0.711. The molecule has 2 aromatic rings. The van der Waals surface area contributed by atoms with Gasteiger partial charge in [-0.05, 0) is 36.8 Å². The fraction of sp³-hybridized carbons (Fsp3) is 0.125. The van der Waals surface area contributed by atoms with Gasteiger partial charge in [0.15, 0.2) is 0 Å². The number of halogens is 2. The predicted octanol–water partition coefficient (Wildman–Crippen LogP) is 4.07. The minimum absolute atomic E-state index is 0.327. The maximum absolute atomic E-state index is 13.9. The van der Waals surface area contributed by atoms with Crippen molar-refractivity contribution in [2.24, 2.45) is 4.99 Å². The van der Waals surface area contributed by atoms with E-state index in [0.29, 0.717) is 21.4 Å². The van der Waals surface area contributed by atoms with Crippen molar-refractivity contribution in [3.63, 3.8) is 0 Å². The molecular weight excluding hydrogens is 307 g/mol. The summed E-state index contributed by atoms with van der Waals surface area (Å²) in [6.45, 7) is 1.90. The number of nitrogens with zero attached hydrogens (tertiary/aromatic N) is 1. The zero-order valence-corrected chi connectivity index (χ0v) is 12.8. The largest absolute Gasteiger partial charge is 0.332 e. The SMILES string of the molecule is CC1(c2ccc(Cl)cc2)N=C(c2ccccc2F)NC1=S. The number of thiocarbonyl (C=S) groups is 1. The maximum Gasteiger partial charge on any atom is 0.137 e. The van der Waals surface area contributed by atoms with Crippen molar-refractivity contribution in [1.82, 2.24) is 5.32 Å². The number of hydrogen-bond donors (Lipinski definition) is 1. The summed E-state index contributed by atoms with van der Waals surface area (Å²) in [6, 6.07) is 13.8. The topological polar surface area (TPSA) is 24.4 Å². The zero-order valence-electron chi connectivity index (χ0n) is 11.2. The van der Waals surface area contributed by atoms with Crippen LogP contribution in [0.5, 0.6) is 0 Å². The molecule has 5 heteroatoms. The van der Waals surface area contributed by atoms with Gasteiger partial charge in [-0.25, -0.2) is 9.38 Å². The second-order valence-electron chi connectivity index (χ2n) is 4.97. The van der Waals surface area contributed by atoms with Gasteiger partial charge in [0.2, 0.25) is 0 Å². The van der Waals surface area contributed by atoms with Crippen molar-refractivity contribution in [1.29, 1.82) is 0 Å². The van der Waals surface area contributed by atoms with Crippen LogP contribution in [0.15, 0.2) is 53.5 Å². The van der Waals surface area contributed by atoms with E-state index in [1.807, 2.05) is 19.1 Å². The summed E-state index contributed by atoms with van der Waals surface area (Å²) in [5, 5.41) is 3.67. The van der Waals surface area contributed by atoms with Crippen molar-refractivity contribution >= 4 is 34.6 Å². The molecule has 2 aromatic carbocycles. The first kappa shape index (κ1) is 14.2. The highest BCUT2D eigenvalue weighted by Gasteiger charge is 2.38. The molecule has 0 fully saturated rings. The van der Waals surface area contributed by atoms with Crippen LogP contribution in [0, 0.1) is 5.82 Å². The smallest absolute Gasteiger partial charge is 0.137 e. The number of hydrogen-bond acceptors (Lipinski definition) is 2. The Morgan fingerprint density at radius 2 is 1.81 bits per heavy atom. The number of benzene rings is 2. The molecule has 0 radical (unpaired) electrons. The molecule has 0 aromatic heterocycles. The average molecular weight is 319 g/mol. The highest BCUT2D eigenvalue weighted by Crippen LogP contribution is 2.32. The van der Waals surface area contributed by atoms with Crippen LogP contribution in [0.2, 0.25) is 5.02 Å². The molecule has 21 heavy (non-hydrogen) atoms. The van der Waals surface area contributed by atoms with Crippen molar-refractivity contribution in [2.75, 3.05) is 0 Å². The molecule has 1 atom stereocenters. The predicted molar refractivity (Wildman–Crippen MR) is 87.5 cm³/mol. The van der Waals surface area contributed by atoms with Crippen LogP contribution in [0.3, 0.4) is 0 Å². The number of amidine groups is 1. The van der Waals surface area contributed by atoms with Crippen molar-refractivity contribution in [3.05, 3.63) is 70.5 Å². The molecule has 0 saturated carbocycles. The molecule has 106 valence electrons. The highest BCUT2D eigenvalue weighted by molar-refractivity contribution is 7.80. The number of aliphatic imine (C=N–C) groups is 1. The highest BCUT2D eigenvalue weighted by atomic mass is 35.5. The van der Waals surface area contributed by atoms with E-state index in [2.05, 4.69) is 10.3 Å². The Balaban J connectivity index is 2.06. The van der Waals surface area contributed by atoms with E-state index in [4.69, 9.17) is 23.8 Å². The second-order valence-corrected chi connectivity index (χ2v) is 5.82. The number of nitrogens with one attached hydrogen (secondary N) is 1. The van der Waals surface area contributed by atoms with Gasteiger partial charge in [-0.15, -0.1) is 0 Å². The monoisotopic (exact) mass is 318 g/mol. The van der Waals surface area contributed by atoms with Crippen molar-refractivity contribution in [3.8, 4) is 0 Å². The summed E-state index contributed by atoms with van der Waals surface area (Å²) in [7, 11) is 0. The quantitative estimate of drug-likeness (QED) is 0.844. The maximum atomic E-state index is 13.9. The van der Waals surface area contributed by atoms with Gasteiger partial charge in [0.25, 0.3) is 0 Å². The first-order chi connectivity index (χ1) is 10.0. The third kappa shape index (κ3) is 2.45. The Labute approximate surface area is 132 Å². The van der Waals surface area contributed by atoms with Gasteiger partial charge in [-0.1, -0.05) is 48.1 Å². The molecular formula is C16H12ClFN2S. The summed E-state index contributed by atoms with van der Waals surface area (Å²) in [6.07, 6.45) is 0. The van der Waals surface area contributed by atoms with Crippen LogP contribution in [0.1, 0.15) is 18.1 Å². The van der Waals surface area contributed by atoms with Crippen LogP contribution < -0.4 is 5.32 Å².